The van der Waals surface area contributed by atoms with E-state index in [4.69, 9.17) is 11.6 Å². The Labute approximate surface area is 170 Å². The number of anilines is 1. The van der Waals surface area contributed by atoms with Crippen LogP contribution in [0.2, 0.25) is 5.02 Å². The minimum absolute atomic E-state index is 0.0493. The maximum atomic E-state index is 13.0. The molecule has 28 heavy (non-hydrogen) atoms. The van der Waals surface area contributed by atoms with Crippen LogP contribution in [0, 0.1) is 6.92 Å². The smallest absolute Gasteiger partial charge is 0.292 e. The van der Waals surface area contributed by atoms with Gasteiger partial charge in [0.15, 0.2) is 6.04 Å². The molecule has 5 nitrogen and oxygen atoms in total. The Kier molecular flexibility index (Phi) is 5.49. The van der Waals surface area contributed by atoms with Gasteiger partial charge in [-0.15, -0.1) is 0 Å². The molecule has 146 valence electrons. The van der Waals surface area contributed by atoms with Gasteiger partial charge in [0, 0.05) is 10.6 Å². The van der Waals surface area contributed by atoms with E-state index in [1.807, 2.05) is 43.3 Å². The first-order valence-electron chi connectivity index (χ1n) is 9.87. The molecule has 2 aromatic rings. The van der Waals surface area contributed by atoms with Crippen molar-refractivity contribution in [2.24, 2.45) is 0 Å². The fourth-order valence-corrected chi connectivity index (χ4v) is 4.46. The number of carbonyl (C=O) groups is 2. The molecule has 0 unspecified atom stereocenters. The molecule has 0 aromatic heterocycles. The summed E-state index contributed by atoms with van der Waals surface area (Å²) in [5, 5.41) is 0.760. The number of quaternary nitrogens is 2. The fraction of sp³-hybridized carbons (Fsp3) is 0.364. The predicted molar refractivity (Wildman–Crippen MR) is 109 cm³/mol. The monoisotopic (exact) mass is 399 g/mol. The number of nitrogens with zero attached hydrogens (tertiary/aromatic N) is 1. The lowest BCUT2D eigenvalue weighted by atomic mass is 10.1. The van der Waals surface area contributed by atoms with E-state index in [0.29, 0.717) is 12.1 Å². The van der Waals surface area contributed by atoms with Gasteiger partial charge in [0.2, 0.25) is 5.91 Å². The number of carbonyl (C=O) groups excluding carboxylic acids is 2. The molecule has 0 spiro atoms. The van der Waals surface area contributed by atoms with Crippen molar-refractivity contribution in [3.63, 3.8) is 0 Å². The Morgan fingerprint density at radius 3 is 2.43 bits per heavy atom. The minimum atomic E-state index is -0.245. The lowest BCUT2D eigenvalue weighted by Crippen LogP contribution is -3.29. The minimum Gasteiger partial charge on any atom is -0.322 e. The largest absolute Gasteiger partial charge is 0.322 e. The molecule has 2 aromatic carbocycles. The van der Waals surface area contributed by atoms with Gasteiger partial charge >= 0.3 is 0 Å². The molecule has 0 saturated carbocycles. The molecule has 2 saturated heterocycles. The normalized spacial score (nSPS) is 25.4. The van der Waals surface area contributed by atoms with Gasteiger partial charge in [0.1, 0.15) is 32.7 Å². The third-order valence-corrected chi connectivity index (χ3v) is 6.12. The van der Waals surface area contributed by atoms with Gasteiger partial charge in [0.25, 0.3) is 5.91 Å². The Morgan fingerprint density at radius 2 is 1.75 bits per heavy atom. The van der Waals surface area contributed by atoms with Crippen LogP contribution in [-0.2, 0) is 16.1 Å². The van der Waals surface area contributed by atoms with Crippen LogP contribution in [0.5, 0.6) is 0 Å². The molecule has 2 aliphatic rings. The van der Waals surface area contributed by atoms with Crippen LogP contribution in [0.1, 0.15) is 17.5 Å². The quantitative estimate of drug-likeness (QED) is 0.725. The molecule has 2 heterocycles. The van der Waals surface area contributed by atoms with E-state index in [1.54, 1.807) is 0 Å². The molecule has 0 bridgehead atoms. The summed E-state index contributed by atoms with van der Waals surface area (Å²) in [6.45, 7) is 6.76. The van der Waals surface area contributed by atoms with Gasteiger partial charge < -0.3 is 9.80 Å². The van der Waals surface area contributed by atoms with Crippen LogP contribution < -0.4 is 14.7 Å². The topological polar surface area (TPSA) is 46.3 Å². The first-order chi connectivity index (χ1) is 13.5. The SMILES string of the molecule is Cc1cccc(N2C(=O)C[C@H]([NH+]3CC[NH+](Cc4ccc(Cl)cc4)CC3)C2=O)c1. The summed E-state index contributed by atoms with van der Waals surface area (Å²) >= 11 is 5.96. The van der Waals surface area contributed by atoms with E-state index in [1.165, 1.54) is 20.3 Å². The summed E-state index contributed by atoms with van der Waals surface area (Å²) in [7, 11) is 0. The Morgan fingerprint density at radius 1 is 1.04 bits per heavy atom. The van der Waals surface area contributed by atoms with Gasteiger partial charge in [0.05, 0.1) is 12.1 Å². The Balaban J connectivity index is 1.37. The van der Waals surface area contributed by atoms with Crippen molar-refractivity contribution in [2.75, 3.05) is 31.1 Å². The number of hydrogen-bond donors (Lipinski definition) is 2. The zero-order chi connectivity index (χ0) is 19.7. The zero-order valence-electron chi connectivity index (χ0n) is 16.1. The summed E-state index contributed by atoms with van der Waals surface area (Å²) < 4.78 is 0. The highest BCUT2D eigenvalue weighted by atomic mass is 35.5. The van der Waals surface area contributed by atoms with Gasteiger partial charge in [-0.3, -0.25) is 9.59 Å². The van der Waals surface area contributed by atoms with Crippen LogP contribution in [0.25, 0.3) is 0 Å². The molecule has 0 aliphatic carbocycles. The summed E-state index contributed by atoms with van der Waals surface area (Å²) in [5.74, 6) is -0.129. The van der Waals surface area contributed by atoms with E-state index >= 15 is 0 Å². The molecule has 2 N–H and O–H groups in total. The first-order valence-corrected chi connectivity index (χ1v) is 10.2. The van der Waals surface area contributed by atoms with Crippen molar-refractivity contribution in [2.45, 2.75) is 25.9 Å². The van der Waals surface area contributed by atoms with Crippen LogP contribution >= 0.6 is 11.6 Å². The Bertz CT molecular complexity index is 876. The van der Waals surface area contributed by atoms with E-state index in [0.717, 1.165) is 43.3 Å². The summed E-state index contributed by atoms with van der Waals surface area (Å²) in [5.41, 5.74) is 3.03. The van der Waals surface area contributed by atoms with Crippen LogP contribution in [0.4, 0.5) is 5.69 Å². The summed E-state index contributed by atoms with van der Waals surface area (Å²) in [4.78, 5) is 29.7. The van der Waals surface area contributed by atoms with E-state index in [-0.39, 0.29) is 17.9 Å². The van der Waals surface area contributed by atoms with Crippen LogP contribution in [-0.4, -0.2) is 44.0 Å². The number of piperazine rings is 1. The average molecular weight is 400 g/mol. The highest BCUT2D eigenvalue weighted by Gasteiger charge is 2.46. The van der Waals surface area contributed by atoms with Crippen molar-refractivity contribution in [1.82, 2.24) is 0 Å². The lowest BCUT2D eigenvalue weighted by molar-refractivity contribution is -1.02. The van der Waals surface area contributed by atoms with E-state index in [9.17, 15) is 9.59 Å². The molecule has 2 amide bonds. The maximum Gasteiger partial charge on any atom is 0.292 e. The second kappa shape index (κ2) is 8.03. The molecule has 6 heteroatoms. The van der Waals surface area contributed by atoms with Gasteiger partial charge in [-0.05, 0) is 36.8 Å². The van der Waals surface area contributed by atoms with Crippen LogP contribution in [0.15, 0.2) is 48.5 Å². The molecule has 4 rings (SSSR count). The lowest BCUT2D eigenvalue weighted by Gasteiger charge is -2.32. The third kappa shape index (κ3) is 3.97. The highest BCUT2D eigenvalue weighted by molar-refractivity contribution is 6.30. The first kappa shape index (κ1) is 19.1. The highest BCUT2D eigenvalue weighted by Crippen LogP contribution is 2.22. The van der Waals surface area contributed by atoms with Crippen molar-refractivity contribution >= 4 is 29.1 Å². The number of aryl methyl sites for hydroxylation is 1. The summed E-state index contributed by atoms with van der Waals surface area (Å²) in [6, 6.07) is 15.4. The number of amides is 2. The van der Waals surface area contributed by atoms with E-state index in [2.05, 4.69) is 12.1 Å². The molecule has 0 radical (unpaired) electrons. The third-order valence-electron chi connectivity index (χ3n) is 5.87. The van der Waals surface area contributed by atoms with Crippen molar-refractivity contribution in [3.05, 3.63) is 64.7 Å². The van der Waals surface area contributed by atoms with Crippen molar-refractivity contribution < 1.29 is 19.4 Å². The number of benzene rings is 2. The molecule has 2 fully saturated rings. The number of imide groups is 1. The predicted octanol–water partition coefficient (Wildman–Crippen LogP) is 0.264. The maximum absolute atomic E-state index is 13.0. The van der Waals surface area contributed by atoms with Gasteiger partial charge in [-0.25, -0.2) is 4.90 Å². The molecule has 1 atom stereocenters. The molecular weight excluding hydrogens is 374 g/mol. The second-order valence-electron chi connectivity index (χ2n) is 7.87. The molecule has 2 aliphatic heterocycles. The van der Waals surface area contributed by atoms with E-state index < -0.39 is 0 Å². The number of halogens is 1. The molecular formula is C22H26ClN3O2+2. The summed E-state index contributed by atoms with van der Waals surface area (Å²) in [6.07, 6.45) is 0.314. The Hall–Kier alpha value is -2.21. The fourth-order valence-electron chi connectivity index (χ4n) is 4.33. The van der Waals surface area contributed by atoms with Crippen LogP contribution in [0.3, 0.4) is 0 Å². The second-order valence-corrected chi connectivity index (χ2v) is 8.31. The van der Waals surface area contributed by atoms with Crippen molar-refractivity contribution in [3.8, 4) is 0 Å². The standard InChI is InChI=1S/C22H24ClN3O2/c1-16-3-2-4-19(13-16)26-21(27)14-20(22(26)28)25-11-9-24(10-12-25)15-17-5-7-18(23)8-6-17/h2-8,13,20H,9-12,14-15H2,1H3/p+2/t20-/m0/s1. The van der Waals surface area contributed by atoms with Gasteiger partial charge in [-0.1, -0.05) is 35.9 Å². The average Bonchev–Trinajstić information content (AvgIpc) is 2.98. The van der Waals surface area contributed by atoms with Crippen molar-refractivity contribution in [1.29, 1.82) is 0 Å². The number of rotatable bonds is 4. The number of hydrogen-bond acceptors (Lipinski definition) is 2. The van der Waals surface area contributed by atoms with Gasteiger partial charge in [-0.2, -0.15) is 0 Å². The number of nitrogens with one attached hydrogen (secondary N) is 2. The zero-order valence-corrected chi connectivity index (χ0v) is 16.8.